The third kappa shape index (κ3) is 10.2. The van der Waals surface area contributed by atoms with E-state index in [9.17, 15) is 9.46 Å². The van der Waals surface area contributed by atoms with Gasteiger partial charge < -0.3 is 9.46 Å². The number of hydrogen-bond acceptors (Lipinski definition) is 4. The van der Waals surface area contributed by atoms with Gasteiger partial charge >= 0.3 is 0 Å². The smallest absolute Gasteiger partial charge is 0.122 e. The molecular weight excluding hydrogens is 266 g/mol. The van der Waals surface area contributed by atoms with Crippen LogP contribution in [0.4, 0.5) is 0 Å². The second-order valence-corrected chi connectivity index (χ2v) is 15.9. The third-order valence-electron chi connectivity index (χ3n) is 2.74. The van der Waals surface area contributed by atoms with Crippen LogP contribution in [0.15, 0.2) is 0 Å². The largest absolute Gasteiger partial charge is 0.784 e. The van der Waals surface area contributed by atoms with Crippen LogP contribution >= 0.6 is 35.8 Å². The van der Waals surface area contributed by atoms with Crippen molar-refractivity contribution in [3.05, 3.63) is 0 Å². The monoisotopic (exact) mass is 290 g/mol. The van der Waals surface area contributed by atoms with Crippen LogP contribution in [-0.2, 0) is 4.57 Å². The molecule has 0 saturated carbocycles. The van der Waals surface area contributed by atoms with Gasteiger partial charge in [0.25, 0.3) is 0 Å². The van der Waals surface area contributed by atoms with Crippen molar-refractivity contribution in [2.24, 2.45) is 0 Å². The van der Waals surface area contributed by atoms with Crippen molar-refractivity contribution in [1.29, 1.82) is 0 Å². The summed E-state index contributed by atoms with van der Waals surface area (Å²) in [6, 6.07) is 0. The minimum absolute atomic E-state index is 0.412. The Hall–Kier alpha value is 1.32. The van der Waals surface area contributed by atoms with Gasteiger partial charge in [-0.25, -0.2) is 0 Å². The normalized spacial score (nSPS) is 11.9. The first-order valence-corrected chi connectivity index (χ1v) is 13.1. The number of rotatable bonds is 5. The zero-order valence-electron chi connectivity index (χ0n) is 10.6. The Morgan fingerprint density at radius 2 is 1.33 bits per heavy atom. The SMILES string of the molecule is CC[P+](C)(CC)CC.CSP(=O)([O-])SC. The lowest BCUT2D eigenvalue weighted by Gasteiger charge is -2.16. The van der Waals surface area contributed by atoms with Crippen molar-refractivity contribution in [2.75, 3.05) is 37.7 Å². The first-order chi connectivity index (χ1) is 6.80. The standard InChI is InChI=1S/C7H18P.C2H7O2PS2/c1-5-8(4,6-2)7-3;1-6-5(3,4)7-2/h5-7H2,1-4H3;1-2H3,(H,3,4)/q+1;/p-1. The van der Waals surface area contributed by atoms with E-state index in [1.165, 1.54) is 18.5 Å². The Bertz CT molecular complexity index is 180. The molecule has 0 aromatic heterocycles. The molecule has 0 rings (SSSR count). The van der Waals surface area contributed by atoms with Crippen molar-refractivity contribution in [2.45, 2.75) is 20.8 Å². The van der Waals surface area contributed by atoms with Crippen LogP contribution in [0.5, 0.6) is 0 Å². The van der Waals surface area contributed by atoms with Crippen LogP contribution in [0.1, 0.15) is 20.8 Å². The van der Waals surface area contributed by atoms with Crippen LogP contribution in [0.3, 0.4) is 0 Å². The molecular formula is C9H24O2P2S2. The van der Waals surface area contributed by atoms with E-state index in [1.54, 1.807) is 12.5 Å². The van der Waals surface area contributed by atoms with Gasteiger partial charge in [-0.1, -0.05) is 0 Å². The molecule has 0 fully saturated rings. The summed E-state index contributed by atoms with van der Waals surface area (Å²) >= 11 is 1.78. The van der Waals surface area contributed by atoms with Crippen LogP contribution in [0.25, 0.3) is 0 Å². The second-order valence-electron chi connectivity index (χ2n) is 3.38. The van der Waals surface area contributed by atoms with Gasteiger partial charge in [0, 0.05) is 13.9 Å². The van der Waals surface area contributed by atoms with Crippen LogP contribution in [0.2, 0.25) is 0 Å². The molecule has 0 atom stereocenters. The van der Waals surface area contributed by atoms with Gasteiger partial charge in [-0.15, -0.1) is 22.8 Å². The van der Waals surface area contributed by atoms with Gasteiger partial charge in [0.1, 0.15) is 5.77 Å². The molecule has 0 aromatic carbocycles. The Kier molecular flexibility index (Phi) is 11.7. The summed E-state index contributed by atoms with van der Waals surface area (Å²) in [7, 11) is -0.412. The second kappa shape index (κ2) is 9.36. The fraction of sp³-hybridized carbons (Fsp3) is 1.00. The molecule has 0 aromatic rings. The Morgan fingerprint density at radius 1 is 1.07 bits per heavy atom. The summed E-state index contributed by atoms with van der Waals surface area (Å²) in [6.45, 7) is 9.43. The zero-order chi connectivity index (χ0) is 12.5. The van der Waals surface area contributed by atoms with Crippen molar-refractivity contribution >= 4 is 35.8 Å². The van der Waals surface area contributed by atoms with E-state index in [1.807, 2.05) is 0 Å². The average molecular weight is 290 g/mol. The molecule has 0 radical (unpaired) electrons. The fourth-order valence-corrected chi connectivity index (χ4v) is 4.02. The zero-order valence-corrected chi connectivity index (χ0v) is 14.1. The van der Waals surface area contributed by atoms with E-state index >= 15 is 0 Å². The van der Waals surface area contributed by atoms with Gasteiger partial charge in [0.15, 0.2) is 0 Å². The molecule has 0 spiro atoms. The molecule has 0 amide bonds. The van der Waals surface area contributed by atoms with Gasteiger partial charge in [-0.3, -0.25) is 0 Å². The van der Waals surface area contributed by atoms with Crippen molar-refractivity contribution in [3.8, 4) is 0 Å². The van der Waals surface area contributed by atoms with E-state index in [0.29, 0.717) is 0 Å². The summed E-state index contributed by atoms with van der Waals surface area (Å²) < 4.78 is 10.3. The summed E-state index contributed by atoms with van der Waals surface area (Å²) in [5.74, 6) is -3.07. The molecule has 0 heterocycles. The molecule has 6 heteroatoms. The van der Waals surface area contributed by atoms with E-state index in [2.05, 4.69) is 27.4 Å². The first-order valence-electron chi connectivity index (χ1n) is 5.06. The number of hydrogen-bond donors (Lipinski definition) is 0. The molecule has 0 unspecified atom stereocenters. The Labute approximate surface area is 104 Å². The first kappa shape index (κ1) is 18.7. The topological polar surface area (TPSA) is 40.1 Å². The van der Waals surface area contributed by atoms with E-state index in [0.717, 1.165) is 22.8 Å². The quantitative estimate of drug-likeness (QED) is 0.721. The third-order valence-corrected chi connectivity index (χ3v) is 13.6. The molecule has 15 heavy (non-hydrogen) atoms. The van der Waals surface area contributed by atoms with E-state index < -0.39 is 13.0 Å². The van der Waals surface area contributed by atoms with Gasteiger partial charge in [-0.2, -0.15) is 0 Å². The molecule has 0 bridgehead atoms. The highest BCUT2D eigenvalue weighted by atomic mass is 33.1. The maximum Gasteiger partial charge on any atom is 0.122 e. The molecule has 0 aliphatic heterocycles. The van der Waals surface area contributed by atoms with Crippen molar-refractivity contribution in [3.63, 3.8) is 0 Å². The lowest BCUT2D eigenvalue weighted by Crippen LogP contribution is -1.98. The fourth-order valence-electron chi connectivity index (χ4n) is 0.745. The van der Waals surface area contributed by atoms with Crippen molar-refractivity contribution < 1.29 is 9.46 Å². The molecule has 0 saturated heterocycles. The van der Waals surface area contributed by atoms with Crippen LogP contribution in [0, 0.1) is 0 Å². The summed E-state index contributed by atoms with van der Waals surface area (Å²) in [4.78, 5) is 10.3. The van der Waals surface area contributed by atoms with E-state index in [4.69, 9.17) is 0 Å². The lowest BCUT2D eigenvalue weighted by molar-refractivity contribution is -0.160. The minimum atomic E-state index is -3.07. The van der Waals surface area contributed by atoms with Crippen molar-refractivity contribution in [1.82, 2.24) is 0 Å². The van der Waals surface area contributed by atoms with E-state index in [-0.39, 0.29) is 0 Å². The summed E-state index contributed by atoms with van der Waals surface area (Å²) in [6.07, 6.45) is 7.41. The maximum atomic E-state index is 10.3. The predicted molar refractivity (Wildman–Crippen MR) is 79.1 cm³/mol. The maximum absolute atomic E-state index is 10.3. The average Bonchev–Trinajstić information content (AvgIpc) is 2.29. The Morgan fingerprint density at radius 3 is 1.33 bits per heavy atom. The predicted octanol–water partition coefficient (Wildman–Crippen LogP) is 3.87. The summed E-state index contributed by atoms with van der Waals surface area (Å²) in [5, 5.41) is 0. The molecule has 0 aliphatic carbocycles. The molecule has 94 valence electrons. The van der Waals surface area contributed by atoms with Gasteiger partial charge in [-0.05, 0) is 33.3 Å². The van der Waals surface area contributed by atoms with Gasteiger partial charge in [0.05, 0.1) is 18.5 Å². The summed E-state index contributed by atoms with van der Waals surface area (Å²) in [5.41, 5.74) is 0. The lowest BCUT2D eigenvalue weighted by atomic mass is 10.9. The highest BCUT2D eigenvalue weighted by Gasteiger charge is 2.22. The van der Waals surface area contributed by atoms with Gasteiger partial charge in [0.2, 0.25) is 0 Å². The Balaban J connectivity index is 0. The highest BCUT2D eigenvalue weighted by molar-refractivity contribution is 8.88. The molecule has 2 nitrogen and oxygen atoms in total. The molecule has 0 N–H and O–H groups in total. The highest BCUT2D eigenvalue weighted by Crippen LogP contribution is 2.58. The minimum Gasteiger partial charge on any atom is -0.784 e. The van der Waals surface area contributed by atoms with Crippen LogP contribution in [-0.4, -0.2) is 37.7 Å². The molecule has 0 aliphatic rings. The van der Waals surface area contributed by atoms with Crippen LogP contribution < -0.4 is 4.89 Å².